The van der Waals surface area contributed by atoms with Crippen LogP contribution in [-0.4, -0.2) is 99.0 Å². The number of carbonyl (C=O) groups is 6. The molecule has 2 saturated heterocycles. The molecule has 0 saturated carbocycles. The van der Waals surface area contributed by atoms with Crippen LogP contribution in [0.1, 0.15) is 71.3 Å². The number of benzene rings is 1. The molecule has 0 radical (unpaired) electrons. The van der Waals surface area contributed by atoms with Crippen LogP contribution in [-0.2, 0) is 28.8 Å². The lowest BCUT2D eigenvalue weighted by Crippen LogP contribution is -2.62. The van der Waals surface area contributed by atoms with E-state index in [-0.39, 0.29) is 37.4 Å². The Morgan fingerprint density at radius 1 is 1.02 bits per heavy atom. The molecule has 1 aromatic carbocycles. The number of aliphatic carboxylic acids is 1. The molecule has 4 rings (SSSR count). The monoisotopic (exact) mass is 681 g/mol. The van der Waals surface area contributed by atoms with Gasteiger partial charge in [0, 0.05) is 17.2 Å². The fourth-order valence-electron chi connectivity index (χ4n) is 6.34. The maximum atomic E-state index is 14.0. The zero-order valence-electron chi connectivity index (χ0n) is 27.7. The van der Waals surface area contributed by atoms with Crippen molar-refractivity contribution >= 4 is 58.7 Å². The van der Waals surface area contributed by atoms with Gasteiger partial charge in [-0.2, -0.15) is 17.0 Å². The van der Waals surface area contributed by atoms with Crippen molar-refractivity contribution in [2.24, 2.45) is 10.9 Å². The van der Waals surface area contributed by atoms with Gasteiger partial charge in [0.1, 0.15) is 42.0 Å². The predicted molar refractivity (Wildman–Crippen MR) is 178 cm³/mol. The van der Waals surface area contributed by atoms with Crippen molar-refractivity contribution in [2.75, 3.05) is 12.8 Å². The van der Waals surface area contributed by atoms with E-state index < -0.39 is 82.8 Å². The molecule has 3 heterocycles. The van der Waals surface area contributed by atoms with E-state index in [1.807, 2.05) is 13.8 Å². The third kappa shape index (κ3) is 8.15. The van der Waals surface area contributed by atoms with E-state index >= 15 is 0 Å². The molecule has 0 spiro atoms. The third-order valence-corrected chi connectivity index (χ3v) is 10.3. The fraction of sp³-hybridized carbons (Fsp3) is 0.576. The molecule has 3 aliphatic heterocycles. The second kappa shape index (κ2) is 15.2. The molecule has 6 atom stereocenters. The molecule has 5 amide bonds. The first-order valence-corrected chi connectivity index (χ1v) is 17.3. The first-order valence-electron chi connectivity index (χ1n) is 16.0. The van der Waals surface area contributed by atoms with Crippen molar-refractivity contribution in [2.45, 2.75) is 101 Å². The van der Waals surface area contributed by atoms with Crippen LogP contribution in [0.25, 0.3) is 0 Å². The third-order valence-electron chi connectivity index (χ3n) is 9.04. The molecular formula is C33H43N7O7S. The van der Waals surface area contributed by atoms with Crippen LogP contribution in [0.15, 0.2) is 29.3 Å². The van der Waals surface area contributed by atoms with Gasteiger partial charge in [-0.1, -0.05) is 32.0 Å². The van der Waals surface area contributed by atoms with Crippen LogP contribution in [0.2, 0.25) is 0 Å². The highest BCUT2D eigenvalue weighted by atomic mass is 32.2. The van der Waals surface area contributed by atoms with E-state index in [0.29, 0.717) is 17.7 Å². The Labute approximate surface area is 283 Å². The van der Waals surface area contributed by atoms with Crippen LogP contribution < -0.4 is 21.3 Å². The number of nitriles is 1. The van der Waals surface area contributed by atoms with E-state index in [4.69, 9.17) is 0 Å². The van der Waals surface area contributed by atoms with E-state index in [0.717, 1.165) is 0 Å². The van der Waals surface area contributed by atoms with Crippen molar-refractivity contribution in [3.63, 3.8) is 0 Å². The van der Waals surface area contributed by atoms with Crippen molar-refractivity contribution in [1.29, 1.82) is 5.26 Å². The number of hydrogen-bond acceptors (Lipinski definition) is 9. The summed E-state index contributed by atoms with van der Waals surface area (Å²) in [5, 5.41) is 30.5. The Kier molecular flexibility index (Phi) is 11.5. The summed E-state index contributed by atoms with van der Waals surface area (Å²) >= 11 is 1.34. The van der Waals surface area contributed by atoms with E-state index in [9.17, 15) is 39.1 Å². The molecule has 14 nitrogen and oxygen atoms in total. The number of rotatable bonds is 8. The summed E-state index contributed by atoms with van der Waals surface area (Å²) in [6.45, 7) is 7.43. The maximum Gasteiger partial charge on any atom is 0.305 e. The number of carboxylic acid groups (broad SMARTS) is 1. The highest BCUT2D eigenvalue weighted by Gasteiger charge is 2.44. The summed E-state index contributed by atoms with van der Waals surface area (Å²) in [5.74, 6) is -5.63. The Morgan fingerprint density at radius 2 is 1.67 bits per heavy atom. The summed E-state index contributed by atoms with van der Waals surface area (Å²) in [6, 6.07) is 2.94. The molecule has 5 N–H and O–H groups in total. The molecule has 15 heteroatoms. The number of nitrogens with one attached hydrogen (secondary N) is 4. The van der Waals surface area contributed by atoms with Crippen molar-refractivity contribution in [3.05, 3.63) is 29.8 Å². The van der Waals surface area contributed by atoms with E-state index in [1.165, 1.54) is 16.7 Å². The molecule has 0 aliphatic carbocycles. The van der Waals surface area contributed by atoms with Gasteiger partial charge in [-0.05, 0) is 63.3 Å². The van der Waals surface area contributed by atoms with Crippen LogP contribution in [0.3, 0.4) is 0 Å². The van der Waals surface area contributed by atoms with Gasteiger partial charge in [-0.25, -0.2) is 4.99 Å². The van der Waals surface area contributed by atoms with Crippen molar-refractivity contribution in [3.8, 4) is 6.07 Å². The topological polar surface area (TPSA) is 210 Å². The molecule has 1 aromatic rings. The number of hydrogen-bond donors (Lipinski definition) is 5. The molecule has 0 bridgehead atoms. The Bertz CT molecular complexity index is 1540. The van der Waals surface area contributed by atoms with Crippen molar-refractivity contribution in [1.82, 2.24) is 26.2 Å². The van der Waals surface area contributed by atoms with Crippen LogP contribution >= 0.6 is 11.8 Å². The minimum absolute atomic E-state index is 0.0688. The summed E-state index contributed by atoms with van der Waals surface area (Å²) < 4.78 is -0.838. The number of amides is 5. The fourth-order valence-corrected chi connectivity index (χ4v) is 6.74. The second-order valence-electron chi connectivity index (χ2n) is 13.3. The van der Waals surface area contributed by atoms with Crippen LogP contribution in [0.4, 0.5) is 5.69 Å². The Morgan fingerprint density at radius 3 is 2.31 bits per heavy atom. The Balaban J connectivity index is 1.80. The second-order valence-corrected chi connectivity index (χ2v) is 14.8. The zero-order chi connectivity index (χ0) is 35.3. The number of para-hydroxylation sites is 1. The van der Waals surface area contributed by atoms with Crippen LogP contribution in [0.5, 0.6) is 0 Å². The number of aliphatic imine (C=N–C) groups is 1. The zero-order valence-corrected chi connectivity index (χ0v) is 28.6. The summed E-state index contributed by atoms with van der Waals surface area (Å²) in [6.07, 6.45) is 1.80. The molecule has 0 aromatic heterocycles. The van der Waals surface area contributed by atoms with Gasteiger partial charge in [0.15, 0.2) is 0 Å². The molecule has 48 heavy (non-hydrogen) atoms. The first-order chi connectivity index (χ1) is 22.7. The van der Waals surface area contributed by atoms with Gasteiger partial charge < -0.3 is 31.3 Å². The predicted octanol–water partition coefficient (Wildman–Crippen LogP) is 1.38. The van der Waals surface area contributed by atoms with Gasteiger partial charge in [0.05, 0.1) is 12.1 Å². The molecular weight excluding hydrogens is 638 g/mol. The van der Waals surface area contributed by atoms with Gasteiger partial charge in [0.2, 0.25) is 29.5 Å². The number of carbonyl (C=O) groups excluding carboxylic acids is 5. The average molecular weight is 682 g/mol. The lowest BCUT2D eigenvalue weighted by Gasteiger charge is -2.35. The van der Waals surface area contributed by atoms with Gasteiger partial charge in [-0.3, -0.25) is 28.8 Å². The SMILES string of the molecule is CSC(C)(C)[C@H]1NC(=O)[C@@H]2CCCN2C(=O)[C@@H](CC(=O)O)NC(=O)[C@@H](CC2C(C#N)=Nc3ccccc32)NC(=O)[C@H](CC(C)C)NC1=O. The number of thioether (sulfide) groups is 1. The summed E-state index contributed by atoms with van der Waals surface area (Å²) in [7, 11) is 0. The molecule has 2 fully saturated rings. The highest BCUT2D eigenvalue weighted by Crippen LogP contribution is 2.38. The molecule has 1 unspecified atom stereocenters. The normalized spacial score (nSPS) is 27.0. The van der Waals surface area contributed by atoms with Crippen LogP contribution in [0, 0.1) is 17.2 Å². The van der Waals surface area contributed by atoms with Crippen molar-refractivity contribution < 1.29 is 33.9 Å². The largest absolute Gasteiger partial charge is 0.481 e. The summed E-state index contributed by atoms with van der Waals surface area (Å²) in [5.41, 5.74) is 1.35. The lowest BCUT2D eigenvalue weighted by molar-refractivity contribution is -0.146. The minimum atomic E-state index is -1.56. The number of nitrogens with zero attached hydrogens (tertiary/aromatic N) is 3. The quantitative estimate of drug-likeness (QED) is 0.268. The number of fused-ring (bicyclic) bond motifs is 2. The van der Waals surface area contributed by atoms with Gasteiger partial charge in [0.25, 0.3) is 0 Å². The smallest absolute Gasteiger partial charge is 0.305 e. The number of carboxylic acids is 1. The molecule has 258 valence electrons. The van der Waals surface area contributed by atoms with E-state index in [1.54, 1.807) is 44.4 Å². The van der Waals surface area contributed by atoms with Gasteiger partial charge in [-0.15, -0.1) is 0 Å². The standard InChI is InChI=1S/C33H43N7O7S/c1-17(2)13-21-28(43)36-22(14-19-18-9-6-7-10-20(18)35-24(19)16-34)29(44)38-23(15-26(41)42)32(47)40-12-8-11-25(40)30(45)39-27(31(46)37-21)33(3,4)48-5/h6-7,9-10,17,19,21-23,25,27H,8,11-15H2,1-5H3,(H,36,43)(H,37,46)(H,38,44)(H,39,45)(H,41,42)/t19?,21-,22+,23+,25-,27-/m0/s1. The lowest BCUT2D eigenvalue weighted by atomic mass is 9.89. The highest BCUT2D eigenvalue weighted by molar-refractivity contribution is 8.00. The first kappa shape index (κ1) is 36.4. The average Bonchev–Trinajstić information content (AvgIpc) is 3.66. The van der Waals surface area contributed by atoms with E-state index in [2.05, 4.69) is 32.3 Å². The Hall–Kier alpha value is -4.45. The van der Waals surface area contributed by atoms with Gasteiger partial charge >= 0.3 is 5.97 Å². The maximum absolute atomic E-state index is 14.0. The minimum Gasteiger partial charge on any atom is -0.481 e. The summed E-state index contributed by atoms with van der Waals surface area (Å²) in [4.78, 5) is 87.0. The molecule has 3 aliphatic rings.